The quantitative estimate of drug-likeness (QED) is 0.665. The zero-order chi connectivity index (χ0) is 22.1. The SMILES string of the molecule is COc1ccc(NS(=O)(=O)c2cc(N3C(=O)CCS3(=O)=O)ccc2OC)c(OC)c1. The Balaban J connectivity index is 2.06. The predicted molar refractivity (Wildman–Crippen MR) is 109 cm³/mol. The standard InChI is InChI=1S/C18H20N2O8S2/c1-26-13-5-6-14(16(11-13)28-3)19-30(24,25)17-10-12(4-7-15(17)27-2)20-18(21)8-9-29(20,22)23/h4-7,10-11,19H,8-9H2,1-3H3. The number of hydrogen-bond donors (Lipinski definition) is 1. The van der Waals surface area contributed by atoms with E-state index in [2.05, 4.69) is 4.72 Å². The van der Waals surface area contributed by atoms with Crippen LogP contribution in [0.4, 0.5) is 11.4 Å². The van der Waals surface area contributed by atoms with Gasteiger partial charge in [-0.25, -0.2) is 21.1 Å². The smallest absolute Gasteiger partial charge is 0.265 e. The number of hydrogen-bond acceptors (Lipinski definition) is 8. The number of nitrogens with zero attached hydrogens (tertiary/aromatic N) is 1. The lowest BCUT2D eigenvalue weighted by molar-refractivity contribution is -0.116. The Kier molecular flexibility index (Phi) is 5.81. The molecule has 0 aromatic heterocycles. The van der Waals surface area contributed by atoms with E-state index in [9.17, 15) is 21.6 Å². The second kappa shape index (κ2) is 8.03. The van der Waals surface area contributed by atoms with E-state index < -0.39 is 26.0 Å². The monoisotopic (exact) mass is 456 g/mol. The lowest BCUT2D eigenvalue weighted by Gasteiger charge is -2.18. The highest BCUT2D eigenvalue weighted by Gasteiger charge is 2.37. The molecule has 1 N–H and O–H groups in total. The van der Waals surface area contributed by atoms with E-state index in [0.717, 1.165) is 6.07 Å². The van der Waals surface area contributed by atoms with Gasteiger partial charge in [-0.15, -0.1) is 0 Å². The Bertz CT molecular complexity index is 1190. The first-order chi connectivity index (χ1) is 14.1. The first-order valence-corrected chi connectivity index (χ1v) is 11.7. The third kappa shape index (κ3) is 4.00. The maximum atomic E-state index is 13.1. The molecule has 1 amide bonds. The molecule has 2 aromatic carbocycles. The van der Waals surface area contributed by atoms with Crippen molar-refractivity contribution in [2.75, 3.05) is 36.1 Å². The molecule has 12 heteroatoms. The Morgan fingerprint density at radius 1 is 0.967 bits per heavy atom. The molecule has 0 atom stereocenters. The summed E-state index contributed by atoms with van der Waals surface area (Å²) >= 11 is 0. The van der Waals surface area contributed by atoms with Crippen molar-refractivity contribution in [2.24, 2.45) is 0 Å². The lowest BCUT2D eigenvalue weighted by atomic mass is 10.3. The summed E-state index contributed by atoms with van der Waals surface area (Å²) in [6, 6.07) is 8.19. The van der Waals surface area contributed by atoms with Gasteiger partial charge in [0.05, 0.1) is 38.5 Å². The number of ether oxygens (including phenoxy) is 3. The van der Waals surface area contributed by atoms with Gasteiger partial charge in [0.25, 0.3) is 10.0 Å². The maximum absolute atomic E-state index is 13.1. The summed E-state index contributed by atoms with van der Waals surface area (Å²) in [7, 11) is -3.99. The van der Waals surface area contributed by atoms with Crippen LogP contribution in [-0.2, 0) is 24.8 Å². The van der Waals surface area contributed by atoms with Gasteiger partial charge in [-0.1, -0.05) is 0 Å². The summed E-state index contributed by atoms with van der Waals surface area (Å²) < 4.78 is 69.0. The fraction of sp³-hybridized carbons (Fsp3) is 0.278. The minimum absolute atomic E-state index is 0.0252. The molecule has 0 bridgehead atoms. The van der Waals surface area contributed by atoms with Crippen molar-refractivity contribution in [1.29, 1.82) is 0 Å². The number of methoxy groups -OCH3 is 3. The second-order valence-electron chi connectivity index (χ2n) is 6.23. The summed E-state index contributed by atoms with van der Waals surface area (Å²) in [6.45, 7) is 0. The Labute approximate surface area is 174 Å². The highest BCUT2D eigenvalue weighted by Crippen LogP contribution is 2.35. The highest BCUT2D eigenvalue weighted by atomic mass is 32.2. The van der Waals surface area contributed by atoms with Crippen LogP contribution in [0.3, 0.4) is 0 Å². The van der Waals surface area contributed by atoms with Gasteiger partial charge in [0.15, 0.2) is 0 Å². The summed E-state index contributed by atoms with van der Waals surface area (Å²) in [4.78, 5) is 11.7. The van der Waals surface area contributed by atoms with E-state index >= 15 is 0 Å². The molecule has 0 unspecified atom stereocenters. The largest absolute Gasteiger partial charge is 0.497 e. The minimum atomic E-state index is -4.24. The van der Waals surface area contributed by atoms with Crippen molar-refractivity contribution in [2.45, 2.75) is 11.3 Å². The Morgan fingerprint density at radius 3 is 2.23 bits per heavy atom. The number of carbonyl (C=O) groups is 1. The molecule has 1 heterocycles. The molecule has 1 saturated heterocycles. The topological polar surface area (TPSA) is 128 Å². The summed E-state index contributed by atoms with van der Waals surface area (Å²) in [5, 5.41) is 0. The van der Waals surface area contributed by atoms with Crippen LogP contribution in [0.15, 0.2) is 41.3 Å². The molecule has 1 aliphatic rings. The number of anilines is 2. The van der Waals surface area contributed by atoms with E-state index in [1.807, 2.05) is 0 Å². The number of rotatable bonds is 7. The molecular weight excluding hydrogens is 436 g/mol. The van der Waals surface area contributed by atoms with Gasteiger partial charge >= 0.3 is 0 Å². The molecule has 3 rings (SSSR count). The molecular formula is C18H20N2O8S2. The van der Waals surface area contributed by atoms with Crippen LogP contribution < -0.4 is 23.2 Å². The fourth-order valence-corrected chi connectivity index (χ4v) is 5.66. The van der Waals surface area contributed by atoms with Gasteiger partial charge in [0.1, 0.15) is 22.1 Å². The number of nitrogens with one attached hydrogen (secondary N) is 1. The van der Waals surface area contributed by atoms with Gasteiger partial charge < -0.3 is 14.2 Å². The average molecular weight is 456 g/mol. The summed E-state index contributed by atoms with van der Waals surface area (Å²) in [5.41, 5.74) is 0.0518. The first kappa shape index (κ1) is 21.7. The Morgan fingerprint density at radius 2 is 1.67 bits per heavy atom. The second-order valence-corrected chi connectivity index (χ2v) is 9.82. The van der Waals surface area contributed by atoms with E-state index in [1.54, 1.807) is 6.07 Å². The van der Waals surface area contributed by atoms with Crippen molar-refractivity contribution in [1.82, 2.24) is 0 Å². The van der Waals surface area contributed by atoms with E-state index in [4.69, 9.17) is 14.2 Å². The van der Waals surface area contributed by atoms with Gasteiger partial charge in [-0.2, -0.15) is 0 Å². The highest BCUT2D eigenvalue weighted by molar-refractivity contribution is 7.94. The summed E-state index contributed by atoms with van der Waals surface area (Å²) in [5.74, 6) is -0.310. The first-order valence-electron chi connectivity index (χ1n) is 8.61. The molecule has 1 fully saturated rings. The molecule has 30 heavy (non-hydrogen) atoms. The molecule has 0 aliphatic carbocycles. The zero-order valence-corrected chi connectivity index (χ0v) is 18.0. The summed E-state index contributed by atoms with van der Waals surface area (Å²) in [6.07, 6.45) is -0.169. The molecule has 0 radical (unpaired) electrons. The van der Waals surface area contributed by atoms with E-state index in [0.29, 0.717) is 10.1 Å². The van der Waals surface area contributed by atoms with Crippen LogP contribution in [-0.4, -0.2) is 49.8 Å². The maximum Gasteiger partial charge on any atom is 0.265 e. The van der Waals surface area contributed by atoms with Crippen LogP contribution in [0.25, 0.3) is 0 Å². The molecule has 0 saturated carbocycles. The van der Waals surface area contributed by atoms with Crippen LogP contribution >= 0.6 is 0 Å². The predicted octanol–water partition coefficient (Wildman–Crippen LogP) is 1.58. The third-order valence-electron chi connectivity index (χ3n) is 4.40. The van der Waals surface area contributed by atoms with Crippen LogP contribution in [0, 0.1) is 0 Å². The van der Waals surface area contributed by atoms with Crippen LogP contribution in [0.2, 0.25) is 0 Å². The minimum Gasteiger partial charge on any atom is -0.497 e. The van der Waals surface area contributed by atoms with Crippen molar-refractivity contribution in [3.05, 3.63) is 36.4 Å². The lowest BCUT2D eigenvalue weighted by Crippen LogP contribution is -2.29. The number of carbonyl (C=O) groups excluding carboxylic acids is 1. The third-order valence-corrected chi connectivity index (χ3v) is 7.48. The van der Waals surface area contributed by atoms with E-state index in [1.165, 1.54) is 45.6 Å². The normalized spacial score (nSPS) is 15.7. The average Bonchev–Trinajstić information content (AvgIpc) is 2.99. The fourth-order valence-electron chi connectivity index (χ4n) is 2.95. The van der Waals surface area contributed by atoms with Gasteiger partial charge in [-0.05, 0) is 30.3 Å². The molecule has 162 valence electrons. The van der Waals surface area contributed by atoms with Crippen LogP contribution in [0.5, 0.6) is 17.2 Å². The number of amides is 1. The zero-order valence-electron chi connectivity index (χ0n) is 16.4. The van der Waals surface area contributed by atoms with E-state index in [-0.39, 0.29) is 39.9 Å². The van der Waals surface area contributed by atoms with Crippen molar-refractivity contribution >= 4 is 37.3 Å². The van der Waals surface area contributed by atoms with Crippen molar-refractivity contribution in [3.63, 3.8) is 0 Å². The van der Waals surface area contributed by atoms with Crippen molar-refractivity contribution < 1.29 is 35.8 Å². The van der Waals surface area contributed by atoms with Gasteiger partial charge in [0.2, 0.25) is 15.9 Å². The number of benzene rings is 2. The van der Waals surface area contributed by atoms with Gasteiger partial charge in [0, 0.05) is 12.5 Å². The van der Waals surface area contributed by atoms with Crippen molar-refractivity contribution in [3.8, 4) is 17.2 Å². The molecule has 2 aromatic rings. The van der Waals surface area contributed by atoms with Crippen LogP contribution in [0.1, 0.15) is 6.42 Å². The Hall–Kier alpha value is -2.99. The molecule has 10 nitrogen and oxygen atoms in total. The number of sulfonamides is 2. The molecule has 1 aliphatic heterocycles. The van der Waals surface area contributed by atoms with Gasteiger partial charge in [-0.3, -0.25) is 9.52 Å². The molecule has 0 spiro atoms.